The van der Waals surface area contributed by atoms with Crippen molar-refractivity contribution in [3.63, 3.8) is 0 Å². The van der Waals surface area contributed by atoms with Crippen molar-refractivity contribution in [3.8, 4) is 0 Å². The monoisotopic (exact) mass is 371 g/mol. The largest absolute Gasteiger partial charge is 0.306 e. The van der Waals surface area contributed by atoms with E-state index in [1.165, 1.54) is 24.8 Å². The van der Waals surface area contributed by atoms with Gasteiger partial charge in [-0.05, 0) is 63.9 Å². The molecule has 0 amide bonds. The quantitative estimate of drug-likeness (QED) is 0.0914. The Morgan fingerprint density at radius 3 is 2.59 bits per heavy atom. The number of rotatable bonds is 16. The Hall–Kier alpha value is -1.83. The number of allylic oxidation sites excluding steroid dienone is 2. The fourth-order valence-corrected chi connectivity index (χ4v) is 2.96. The first-order valence-electron chi connectivity index (χ1n) is 10.3. The first-order chi connectivity index (χ1) is 13.0. The van der Waals surface area contributed by atoms with Crippen LogP contribution in [0.15, 0.2) is 59.9 Å². The summed E-state index contributed by atoms with van der Waals surface area (Å²) < 4.78 is 0. The van der Waals surface area contributed by atoms with Gasteiger partial charge in [0.25, 0.3) is 0 Å². The van der Waals surface area contributed by atoms with Crippen molar-refractivity contribution >= 4 is 5.71 Å². The van der Waals surface area contributed by atoms with Crippen LogP contribution >= 0.6 is 0 Å². The molecule has 0 radical (unpaired) electrons. The maximum absolute atomic E-state index is 4.60. The highest BCUT2D eigenvalue weighted by Gasteiger charge is 2.17. The van der Waals surface area contributed by atoms with Crippen LogP contribution in [0, 0.1) is 5.92 Å². The van der Waals surface area contributed by atoms with E-state index in [2.05, 4.69) is 61.8 Å². The van der Waals surface area contributed by atoms with Gasteiger partial charge in [0.1, 0.15) is 0 Å². The minimum absolute atomic E-state index is 0.354. The lowest BCUT2D eigenvalue weighted by molar-refractivity contribution is 0.346. The molecule has 0 aliphatic carbocycles. The number of nitrogens with one attached hydrogen (secondary N) is 1. The van der Waals surface area contributed by atoms with Crippen LogP contribution in [-0.4, -0.2) is 37.3 Å². The van der Waals surface area contributed by atoms with Gasteiger partial charge in [0.15, 0.2) is 0 Å². The second-order valence-electron chi connectivity index (χ2n) is 7.11. The molecule has 3 nitrogen and oxygen atoms in total. The zero-order chi connectivity index (χ0) is 20.5. The van der Waals surface area contributed by atoms with Crippen molar-refractivity contribution in [1.82, 2.24) is 10.3 Å². The summed E-state index contributed by atoms with van der Waals surface area (Å²) in [5.74, 6) is 0.354. The average Bonchev–Trinajstić information content (AvgIpc) is 2.65. The minimum atomic E-state index is 0.354. The molecule has 27 heavy (non-hydrogen) atoms. The number of unbranched alkanes of at least 4 members (excludes halogenated alkanes) is 2. The van der Waals surface area contributed by atoms with E-state index in [1.54, 1.807) is 0 Å². The smallest absolute Gasteiger partial charge is 0.0706 e. The van der Waals surface area contributed by atoms with Crippen LogP contribution in [0.2, 0.25) is 0 Å². The van der Waals surface area contributed by atoms with Crippen LogP contribution in [0.1, 0.15) is 59.3 Å². The third-order valence-electron chi connectivity index (χ3n) is 4.55. The fraction of sp³-hybridized carbons (Fsp3) is 0.583. The summed E-state index contributed by atoms with van der Waals surface area (Å²) >= 11 is 0. The molecular formula is C24H41N3. The minimum Gasteiger partial charge on any atom is -0.306 e. The van der Waals surface area contributed by atoms with Crippen molar-refractivity contribution in [1.29, 1.82) is 0 Å². The summed E-state index contributed by atoms with van der Waals surface area (Å²) in [5, 5.41) is 4.60. The predicted octanol–water partition coefficient (Wildman–Crippen LogP) is 5.89. The molecule has 152 valence electrons. The first-order valence-corrected chi connectivity index (χ1v) is 10.3. The van der Waals surface area contributed by atoms with Crippen molar-refractivity contribution in [2.24, 2.45) is 11.0 Å². The van der Waals surface area contributed by atoms with E-state index >= 15 is 0 Å². The van der Waals surface area contributed by atoms with E-state index in [4.69, 9.17) is 0 Å². The molecule has 1 atom stereocenters. The van der Waals surface area contributed by atoms with Gasteiger partial charge in [0.2, 0.25) is 0 Å². The summed E-state index contributed by atoms with van der Waals surface area (Å²) in [6, 6.07) is 0. The van der Waals surface area contributed by atoms with Gasteiger partial charge in [-0.2, -0.15) is 5.10 Å². The van der Waals surface area contributed by atoms with Crippen LogP contribution in [0.3, 0.4) is 0 Å². The average molecular weight is 372 g/mol. The molecule has 0 aliphatic heterocycles. The Morgan fingerprint density at radius 1 is 1.26 bits per heavy atom. The maximum Gasteiger partial charge on any atom is 0.0706 e. The van der Waals surface area contributed by atoms with E-state index in [0.717, 1.165) is 43.6 Å². The highest BCUT2D eigenvalue weighted by molar-refractivity contribution is 6.03. The zero-order valence-corrected chi connectivity index (χ0v) is 18.2. The van der Waals surface area contributed by atoms with Crippen LogP contribution in [0.25, 0.3) is 0 Å². The molecule has 0 rings (SSSR count). The van der Waals surface area contributed by atoms with E-state index in [9.17, 15) is 0 Å². The summed E-state index contributed by atoms with van der Waals surface area (Å²) in [6.07, 6.45) is 12.5. The fourth-order valence-electron chi connectivity index (χ4n) is 2.96. The van der Waals surface area contributed by atoms with Crippen molar-refractivity contribution in [3.05, 3.63) is 54.8 Å². The lowest BCUT2D eigenvalue weighted by Crippen LogP contribution is -2.23. The van der Waals surface area contributed by atoms with E-state index in [1.807, 2.05) is 25.2 Å². The molecule has 0 aromatic heterocycles. The van der Waals surface area contributed by atoms with Crippen LogP contribution in [0.5, 0.6) is 0 Å². The van der Waals surface area contributed by atoms with E-state index in [0.29, 0.717) is 12.5 Å². The van der Waals surface area contributed by atoms with Gasteiger partial charge in [0.05, 0.1) is 12.3 Å². The molecular weight excluding hydrogens is 330 g/mol. The topological polar surface area (TPSA) is 27.6 Å². The number of hydrogen-bond acceptors (Lipinski definition) is 3. The van der Waals surface area contributed by atoms with E-state index in [-0.39, 0.29) is 0 Å². The number of hydrogen-bond donors (Lipinski definition) is 1. The predicted molar refractivity (Wildman–Crippen MR) is 122 cm³/mol. The molecule has 1 N–H and O–H groups in total. The van der Waals surface area contributed by atoms with Gasteiger partial charge in [-0.3, -0.25) is 0 Å². The molecule has 0 saturated carbocycles. The van der Waals surface area contributed by atoms with Crippen molar-refractivity contribution in [2.75, 3.05) is 26.7 Å². The summed E-state index contributed by atoms with van der Waals surface area (Å²) in [6.45, 7) is 21.4. The van der Waals surface area contributed by atoms with Crippen molar-refractivity contribution < 1.29 is 0 Å². The van der Waals surface area contributed by atoms with Gasteiger partial charge < -0.3 is 10.3 Å². The number of hydrazone groups is 1. The third kappa shape index (κ3) is 12.2. The van der Waals surface area contributed by atoms with Gasteiger partial charge in [-0.15, -0.1) is 12.3 Å². The number of nitrogens with zero attached hydrogens (tertiary/aromatic N) is 2. The summed E-state index contributed by atoms with van der Waals surface area (Å²) in [5.41, 5.74) is 9.41. The molecule has 0 bridgehead atoms. The molecule has 0 saturated heterocycles. The zero-order valence-electron chi connectivity index (χ0n) is 18.2. The molecule has 0 heterocycles. The third-order valence-corrected chi connectivity index (χ3v) is 4.55. The van der Waals surface area contributed by atoms with Gasteiger partial charge in [-0.1, -0.05) is 51.5 Å². The Morgan fingerprint density at radius 2 is 2.00 bits per heavy atom. The van der Waals surface area contributed by atoms with E-state index < -0.39 is 0 Å². The Balaban J connectivity index is 4.83. The summed E-state index contributed by atoms with van der Waals surface area (Å²) in [4.78, 5) is 2.38. The van der Waals surface area contributed by atoms with Crippen LogP contribution < -0.4 is 5.43 Å². The Bertz CT molecular complexity index is 536. The van der Waals surface area contributed by atoms with Crippen LogP contribution in [0.4, 0.5) is 0 Å². The second kappa shape index (κ2) is 16.4. The molecule has 0 aromatic rings. The SMILES string of the molecule is C=CCN/N=C(\C(=C)C=C=CC)C(CC)CCC(=C)CN(C)CCCCC. The lowest BCUT2D eigenvalue weighted by atomic mass is 9.89. The highest BCUT2D eigenvalue weighted by atomic mass is 15.3. The maximum atomic E-state index is 4.60. The number of likely N-dealkylation sites (N-methyl/N-ethyl adjacent to an activating group) is 1. The van der Waals surface area contributed by atoms with Gasteiger partial charge in [-0.25, -0.2) is 0 Å². The molecule has 0 aliphatic rings. The lowest BCUT2D eigenvalue weighted by Gasteiger charge is -2.21. The van der Waals surface area contributed by atoms with Crippen molar-refractivity contribution in [2.45, 2.75) is 59.3 Å². The standard InChI is InChI=1S/C24H41N3/c1-8-12-14-19-27(7)20-21(5)16-17-23(11-4)24(26-25-18-10-3)22(6)15-13-9-2/h9-10,15,23,25H,3,5-6,8,11-12,14,16-20H2,1-2,4,7H3/b26-24+. The molecule has 0 aromatic carbocycles. The first kappa shape index (κ1) is 25.2. The van der Waals surface area contributed by atoms with Gasteiger partial charge >= 0.3 is 0 Å². The molecule has 1 unspecified atom stereocenters. The van der Waals surface area contributed by atoms with Gasteiger partial charge in [0, 0.05) is 12.5 Å². The highest BCUT2D eigenvalue weighted by Crippen LogP contribution is 2.21. The second-order valence-corrected chi connectivity index (χ2v) is 7.11. The summed E-state index contributed by atoms with van der Waals surface area (Å²) in [7, 11) is 2.19. The molecule has 0 spiro atoms. The molecule has 3 heteroatoms. The molecule has 0 fully saturated rings. The normalized spacial score (nSPS) is 12.3. The Kier molecular flexibility index (Phi) is 15.2. The Labute approximate surface area is 168 Å². The van der Waals surface area contributed by atoms with Crippen LogP contribution in [-0.2, 0) is 0 Å².